The lowest BCUT2D eigenvalue weighted by atomic mass is 9.87. The second-order valence-corrected chi connectivity index (χ2v) is 6.84. The van der Waals surface area contributed by atoms with Crippen LogP contribution in [-0.2, 0) is 0 Å². The van der Waals surface area contributed by atoms with Gasteiger partial charge in [-0.15, -0.1) is 0 Å². The monoisotopic (exact) mass is 242 g/mol. The van der Waals surface area contributed by atoms with Crippen molar-refractivity contribution in [2.75, 3.05) is 18.8 Å². The molecule has 2 rings (SSSR count). The lowest BCUT2D eigenvalue weighted by molar-refractivity contribution is 0.0719. The normalized spacial score (nSPS) is 41.4. The maximum absolute atomic E-state index is 5.98. The Kier molecular flexibility index (Phi) is 4.57. The molecule has 16 heavy (non-hydrogen) atoms. The molecule has 2 fully saturated rings. The van der Waals surface area contributed by atoms with E-state index in [2.05, 4.69) is 30.5 Å². The van der Waals surface area contributed by atoms with Crippen LogP contribution in [0.25, 0.3) is 0 Å². The Hall–Kier alpha value is 0.270. The lowest BCUT2D eigenvalue weighted by Gasteiger charge is -2.43. The van der Waals surface area contributed by atoms with Crippen molar-refractivity contribution in [3.8, 4) is 0 Å². The van der Waals surface area contributed by atoms with Gasteiger partial charge in [-0.2, -0.15) is 11.8 Å². The van der Waals surface area contributed by atoms with Crippen LogP contribution in [0.1, 0.15) is 39.5 Å². The van der Waals surface area contributed by atoms with Crippen LogP contribution in [0, 0.1) is 5.92 Å². The maximum Gasteiger partial charge on any atom is 0.0224 e. The van der Waals surface area contributed by atoms with E-state index in [4.69, 9.17) is 5.73 Å². The van der Waals surface area contributed by atoms with Gasteiger partial charge >= 0.3 is 0 Å². The van der Waals surface area contributed by atoms with Gasteiger partial charge in [-0.05, 0) is 37.5 Å². The molecular formula is C13H26N2S. The highest BCUT2D eigenvalue weighted by Gasteiger charge is 2.36. The van der Waals surface area contributed by atoms with E-state index in [1.165, 1.54) is 38.0 Å². The molecule has 2 aliphatic rings. The lowest BCUT2D eigenvalue weighted by Crippen LogP contribution is -2.53. The van der Waals surface area contributed by atoms with Crippen LogP contribution in [0.15, 0.2) is 0 Å². The topological polar surface area (TPSA) is 29.3 Å². The van der Waals surface area contributed by atoms with E-state index in [0.29, 0.717) is 6.04 Å². The molecule has 0 aliphatic carbocycles. The molecule has 94 valence electrons. The molecule has 0 amide bonds. The number of rotatable bonds is 3. The molecule has 2 N–H and O–H groups in total. The quantitative estimate of drug-likeness (QED) is 0.823. The third-order valence-corrected chi connectivity index (χ3v) is 5.79. The standard InChI is InChI=1S/C13H26N2S/c1-3-11-4-6-15(12(8-11)9-14)13-5-7-16-10(13)2/h10-13H,3-9,14H2,1-2H3. The van der Waals surface area contributed by atoms with Crippen molar-refractivity contribution in [3.63, 3.8) is 0 Å². The van der Waals surface area contributed by atoms with Crippen molar-refractivity contribution in [1.82, 2.24) is 4.90 Å². The van der Waals surface area contributed by atoms with Crippen LogP contribution in [0.3, 0.4) is 0 Å². The molecule has 0 aromatic carbocycles. The first-order chi connectivity index (χ1) is 7.76. The summed E-state index contributed by atoms with van der Waals surface area (Å²) in [6.07, 6.45) is 5.43. The molecule has 0 radical (unpaired) electrons. The summed E-state index contributed by atoms with van der Waals surface area (Å²) in [4.78, 5) is 2.73. The van der Waals surface area contributed by atoms with Gasteiger partial charge in [0.05, 0.1) is 0 Å². The van der Waals surface area contributed by atoms with Crippen LogP contribution in [-0.4, -0.2) is 41.1 Å². The summed E-state index contributed by atoms with van der Waals surface area (Å²) in [5.74, 6) is 2.27. The summed E-state index contributed by atoms with van der Waals surface area (Å²) in [5, 5.41) is 0.812. The summed E-state index contributed by atoms with van der Waals surface area (Å²) in [6, 6.07) is 1.46. The van der Waals surface area contributed by atoms with Gasteiger partial charge in [0.1, 0.15) is 0 Å². The third kappa shape index (κ3) is 2.57. The number of hydrogen-bond acceptors (Lipinski definition) is 3. The zero-order valence-corrected chi connectivity index (χ0v) is 11.5. The van der Waals surface area contributed by atoms with Crippen molar-refractivity contribution in [1.29, 1.82) is 0 Å². The number of thioether (sulfide) groups is 1. The Balaban J connectivity index is 1.98. The fraction of sp³-hybridized carbons (Fsp3) is 1.00. The van der Waals surface area contributed by atoms with Gasteiger partial charge in [0.25, 0.3) is 0 Å². The van der Waals surface area contributed by atoms with Crippen molar-refractivity contribution in [2.45, 2.75) is 56.9 Å². The average Bonchev–Trinajstić information content (AvgIpc) is 2.74. The van der Waals surface area contributed by atoms with E-state index in [-0.39, 0.29) is 0 Å². The van der Waals surface area contributed by atoms with Crippen LogP contribution in [0.2, 0.25) is 0 Å². The molecule has 0 aromatic heterocycles. The van der Waals surface area contributed by atoms with Crippen LogP contribution in [0.4, 0.5) is 0 Å². The predicted octanol–water partition coefficient (Wildman–Crippen LogP) is 2.33. The fourth-order valence-corrected chi connectivity index (χ4v) is 4.61. The number of hydrogen-bond donors (Lipinski definition) is 1. The molecule has 4 unspecified atom stereocenters. The fourth-order valence-electron chi connectivity index (χ4n) is 3.35. The van der Waals surface area contributed by atoms with E-state index in [9.17, 15) is 0 Å². The van der Waals surface area contributed by atoms with Crippen molar-refractivity contribution < 1.29 is 0 Å². The highest BCUT2D eigenvalue weighted by atomic mass is 32.2. The van der Waals surface area contributed by atoms with Crippen LogP contribution < -0.4 is 5.73 Å². The minimum absolute atomic E-state index is 0.657. The predicted molar refractivity (Wildman–Crippen MR) is 72.9 cm³/mol. The summed E-state index contributed by atoms with van der Waals surface area (Å²) in [7, 11) is 0. The molecular weight excluding hydrogens is 216 g/mol. The van der Waals surface area contributed by atoms with Gasteiger partial charge in [0, 0.05) is 23.9 Å². The number of likely N-dealkylation sites (tertiary alicyclic amines) is 1. The molecule has 2 heterocycles. The molecule has 2 saturated heterocycles. The zero-order valence-electron chi connectivity index (χ0n) is 10.7. The first kappa shape index (κ1) is 12.7. The third-order valence-electron chi connectivity index (χ3n) is 4.48. The molecule has 0 aromatic rings. The molecule has 0 bridgehead atoms. The van der Waals surface area contributed by atoms with Crippen LogP contribution in [0.5, 0.6) is 0 Å². The van der Waals surface area contributed by atoms with Crippen molar-refractivity contribution in [3.05, 3.63) is 0 Å². The van der Waals surface area contributed by atoms with Gasteiger partial charge in [0.2, 0.25) is 0 Å². The highest BCUT2D eigenvalue weighted by Crippen LogP contribution is 2.35. The first-order valence-corrected chi connectivity index (χ1v) is 7.88. The molecule has 2 nitrogen and oxygen atoms in total. The average molecular weight is 242 g/mol. The van der Waals surface area contributed by atoms with Gasteiger partial charge in [-0.1, -0.05) is 20.3 Å². The molecule has 3 heteroatoms. The second-order valence-electron chi connectivity index (χ2n) is 5.36. The Morgan fingerprint density at radius 3 is 2.75 bits per heavy atom. The van der Waals surface area contributed by atoms with E-state index >= 15 is 0 Å². The molecule has 2 aliphatic heterocycles. The van der Waals surface area contributed by atoms with E-state index in [1.54, 1.807) is 0 Å². The summed E-state index contributed by atoms with van der Waals surface area (Å²) in [5.41, 5.74) is 5.98. The Labute approximate surface area is 104 Å². The van der Waals surface area contributed by atoms with Gasteiger partial charge in [0.15, 0.2) is 0 Å². The summed E-state index contributed by atoms with van der Waals surface area (Å²) in [6.45, 7) is 6.85. The van der Waals surface area contributed by atoms with Gasteiger partial charge < -0.3 is 5.73 Å². The van der Waals surface area contributed by atoms with Crippen molar-refractivity contribution in [2.24, 2.45) is 11.7 Å². The minimum Gasteiger partial charge on any atom is -0.329 e. The first-order valence-electron chi connectivity index (χ1n) is 6.83. The molecule has 0 saturated carbocycles. The van der Waals surface area contributed by atoms with Crippen LogP contribution >= 0.6 is 11.8 Å². The SMILES string of the molecule is CCC1CCN(C2CCSC2C)C(CN)C1. The van der Waals surface area contributed by atoms with Gasteiger partial charge in [-0.3, -0.25) is 4.90 Å². The van der Waals surface area contributed by atoms with E-state index in [1.807, 2.05) is 0 Å². The molecule has 0 spiro atoms. The zero-order chi connectivity index (χ0) is 11.5. The highest BCUT2D eigenvalue weighted by molar-refractivity contribution is 8.00. The van der Waals surface area contributed by atoms with Crippen molar-refractivity contribution >= 4 is 11.8 Å². The number of nitrogens with zero attached hydrogens (tertiary/aromatic N) is 1. The largest absolute Gasteiger partial charge is 0.329 e. The Morgan fingerprint density at radius 2 is 2.19 bits per heavy atom. The minimum atomic E-state index is 0.657. The maximum atomic E-state index is 5.98. The smallest absolute Gasteiger partial charge is 0.0224 e. The summed E-state index contributed by atoms with van der Waals surface area (Å²) < 4.78 is 0. The Morgan fingerprint density at radius 1 is 1.38 bits per heavy atom. The number of nitrogens with two attached hydrogens (primary N) is 1. The second kappa shape index (κ2) is 5.74. The molecule has 4 atom stereocenters. The number of piperidine rings is 1. The van der Waals surface area contributed by atoms with E-state index < -0.39 is 0 Å². The van der Waals surface area contributed by atoms with Gasteiger partial charge in [-0.25, -0.2) is 0 Å². The summed E-state index contributed by atoms with van der Waals surface area (Å²) >= 11 is 2.14. The Bertz CT molecular complexity index is 222. The van der Waals surface area contributed by atoms with E-state index in [0.717, 1.165) is 23.8 Å².